The largest absolute Gasteiger partial charge is 0.481 e. The molecule has 0 aliphatic rings. The normalized spacial score (nSPS) is 14.3. The van der Waals surface area contributed by atoms with E-state index in [2.05, 4.69) is 5.32 Å². The molecule has 15 heavy (non-hydrogen) atoms. The van der Waals surface area contributed by atoms with E-state index < -0.39 is 11.5 Å². The topological polar surface area (TPSA) is 75.6 Å². The molecule has 0 bridgehead atoms. The summed E-state index contributed by atoms with van der Waals surface area (Å²) in [6, 6.07) is 0. The van der Waals surface area contributed by atoms with Crippen molar-refractivity contribution in [3.05, 3.63) is 0 Å². The fraction of sp³-hybridized carbons (Fsp3) is 0.800. The molecule has 0 spiro atoms. The monoisotopic (exact) mass is 217 g/mol. The van der Waals surface area contributed by atoms with Crippen LogP contribution in [0.25, 0.3) is 0 Å². The summed E-state index contributed by atoms with van der Waals surface area (Å²) < 4.78 is 4.91. The standard InChI is InChI=1S/C10H19NO4/c1-4-5-8(12)11-10(2,7-15-3)6-9(13)14/h4-7H2,1-3H3,(H,11,12)(H,13,14). The van der Waals surface area contributed by atoms with Crippen LogP contribution in [-0.4, -0.2) is 36.2 Å². The van der Waals surface area contributed by atoms with Gasteiger partial charge < -0.3 is 15.2 Å². The van der Waals surface area contributed by atoms with E-state index in [1.54, 1.807) is 6.92 Å². The molecule has 0 heterocycles. The zero-order chi connectivity index (χ0) is 11.9. The Kier molecular flexibility index (Phi) is 5.93. The second-order valence-electron chi connectivity index (χ2n) is 3.86. The van der Waals surface area contributed by atoms with Gasteiger partial charge in [-0.05, 0) is 13.3 Å². The Balaban J connectivity index is 4.35. The van der Waals surface area contributed by atoms with Crippen LogP contribution >= 0.6 is 0 Å². The predicted octanol–water partition coefficient (Wildman–Crippen LogP) is 0.782. The quantitative estimate of drug-likeness (QED) is 0.661. The van der Waals surface area contributed by atoms with E-state index in [-0.39, 0.29) is 18.9 Å². The average molecular weight is 217 g/mol. The summed E-state index contributed by atoms with van der Waals surface area (Å²) >= 11 is 0. The lowest BCUT2D eigenvalue weighted by atomic mass is 9.98. The summed E-state index contributed by atoms with van der Waals surface area (Å²) in [6.07, 6.45) is 0.997. The second kappa shape index (κ2) is 6.40. The van der Waals surface area contributed by atoms with E-state index in [4.69, 9.17) is 9.84 Å². The van der Waals surface area contributed by atoms with Crippen molar-refractivity contribution in [3.63, 3.8) is 0 Å². The summed E-state index contributed by atoms with van der Waals surface area (Å²) in [5, 5.41) is 11.4. The van der Waals surface area contributed by atoms with Gasteiger partial charge in [0.05, 0.1) is 18.6 Å². The first kappa shape index (κ1) is 13.9. The highest BCUT2D eigenvalue weighted by Crippen LogP contribution is 2.10. The molecule has 0 aromatic rings. The molecule has 0 aliphatic carbocycles. The highest BCUT2D eigenvalue weighted by Gasteiger charge is 2.29. The van der Waals surface area contributed by atoms with Crippen LogP contribution in [0.2, 0.25) is 0 Å². The number of carbonyl (C=O) groups excluding carboxylic acids is 1. The Hall–Kier alpha value is -1.10. The number of hydrogen-bond donors (Lipinski definition) is 2. The van der Waals surface area contributed by atoms with E-state index in [1.807, 2.05) is 6.92 Å². The van der Waals surface area contributed by atoms with Crippen LogP contribution < -0.4 is 5.32 Å². The van der Waals surface area contributed by atoms with Gasteiger partial charge in [-0.2, -0.15) is 0 Å². The van der Waals surface area contributed by atoms with Crippen molar-refractivity contribution in [1.82, 2.24) is 5.32 Å². The number of aliphatic carboxylic acids is 1. The Bertz CT molecular complexity index is 229. The van der Waals surface area contributed by atoms with E-state index in [9.17, 15) is 9.59 Å². The average Bonchev–Trinajstić information content (AvgIpc) is 2.01. The van der Waals surface area contributed by atoms with Crippen molar-refractivity contribution in [1.29, 1.82) is 0 Å². The molecule has 1 atom stereocenters. The van der Waals surface area contributed by atoms with E-state index in [0.29, 0.717) is 6.42 Å². The number of carboxylic acid groups (broad SMARTS) is 1. The third kappa shape index (κ3) is 6.06. The molecule has 0 aliphatic heterocycles. The van der Waals surface area contributed by atoms with Crippen molar-refractivity contribution in [3.8, 4) is 0 Å². The Labute approximate surface area is 89.8 Å². The summed E-state index contributed by atoms with van der Waals surface area (Å²) in [4.78, 5) is 22.0. The number of carbonyl (C=O) groups is 2. The van der Waals surface area contributed by atoms with E-state index >= 15 is 0 Å². The van der Waals surface area contributed by atoms with Crippen molar-refractivity contribution >= 4 is 11.9 Å². The molecule has 2 N–H and O–H groups in total. The minimum Gasteiger partial charge on any atom is -0.481 e. The lowest BCUT2D eigenvalue weighted by Gasteiger charge is -2.28. The smallest absolute Gasteiger partial charge is 0.305 e. The first-order chi connectivity index (χ1) is 6.93. The van der Waals surface area contributed by atoms with Gasteiger partial charge in [0.15, 0.2) is 0 Å². The lowest BCUT2D eigenvalue weighted by molar-refractivity contribution is -0.139. The Morgan fingerprint density at radius 1 is 1.47 bits per heavy atom. The number of amides is 1. The minimum atomic E-state index is -0.952. The molecule has 1 amide bonds. The Morgan fingerprint density at radius 2 is 2.07 bits per heavy atom. The second-order valence-corrected chi connectivity index (χ2v) is 3.86. The SMILES string of the molecule is CCCC(=O)NC(C)(COC)CC(=O)O. The molecule has 5 nitrogen and oxygen atoms in total. The molecule has 0 saturated heterocycles. The number of ether oxygens (including phenoxy) is 1. The Morgan fingerprint density at radius 3 is 2.47 bits per heavy atom. The molecule has 0 aromatic carbocycles. The number of hydrogen-bond acceptors (Lipinski definition) is 3. The molecule has 0 rings (SSSR count). The van der Waals surface area contributed by atoms with Crippen molar-refractivity contribution in [2.75, 3.05) is 13.7 Å². The van der Waals surface area contributed by atoms with Crippen molar-refractivity contribution < 1.29 is 19.4 Å². The maximum atomic E-state index is 11.4. The van der Waals surface area contributed by atoms with E-state index in [0.717, 1.165) is 6.42 Å². The predicted molar refractivity (Wildman–Crippen MR) is 55.6 cm³/mol. The summed E-state index contributed by atoms with van der Waals surface area (Å²) in [7, 11) is 1.48. The van der Waals surface area contributed by atoms with Crippen LogP contribution in [0.15, 0.2) is 0 Å². The molecule has 0 saturated carbocycles. The van der Waals surface area contributed by atoms with Gasteiger partial charge in [0.1, 0.15) is 0 Å². The fourth-order valence-electron chi connectivity index (χ4n) is 1.41. The summed E-state index contributed by atoms with van der Waals surface area (Å²) in [5.74, 6) is -1.09. The molecule has 0 fully saturated rings. The molecule has 88 valence electrons. The van der Waals surface area contributed by atoms with Crippen LogP contribution in [0.1, 0.15) is 33.1 Å². The number of nitrogens with one attached hydrogen (secondary N) is 1. The van der Waals surface area contributed by atoms with Crippen molar-refractivity contribution in [2.24, 2.45) is 0 Å². The molecular weight excluding hydrogens is 198 g/mol. The summed E-state index contributed by atoms with van der Waals surface area (Å²) in [6.45, 7) is 3.75. The highest BCUT2D eigenvalue weighted by molar-refractivity contribution is 5.78. The molecule has 5 heteroatoms. The number of methoxy groups -OCH3 is 1. The maximum Gasteiger partial charge on any atom is 0.305 e. The highest BCUT2D eigenvalue weighted by atomic mass is 16.5. The third-order valence-corrected chi connectivity index (χ3v) is 1.92. The van der Waals surface area contributed by atoms with Crippen LogP contribution in [0.3, 0.4) is 0 Å². The van der Waals surface area contributed by atoms with Gasteiger partial charge in [-0.3, -0.25) is 9.59 Å². The van der Waals surface area contributed by atoms with Gasteiger partial charge in [-0.1, -0.05) is 6.92 Å². The molecule has 1 unspecified atom stereocenters. The summed E-state index contributed by atoms with van der Waals surface area (Å²) in [5.41, 5.74) is -0.827. The van der Waals surface area contributed by atoms with Crippen LogP contribution in [0.4, 0.5) is 0 Å². The fourth-order valence-corrected chi connectivity index (χ4v) is 1.41. The van der Waals surface area contributed by atoms with Gasteiger partial charge in [0, 0.05) is 13.5 Å². The number of carboxylic acids is 1. The van der Waals surface area contributed by atoms with Crippen LogP contribution in [0, 0.1) is 0 Å². The van der Waals surface area contributed by atoms with Gasteiger partial charge in [0.2, 0.25) is 5.91 Å². The molecule has 0 aromatic heterocycles. The molecule has 0 radical (unpaired) electrons. The van der Waals surface area contributed by atoms with Gasteiger partial charge in [-0.25, -0.2) is 0 Å². The first-order valence-electron chi connectivity index (χ1n) is 4.95. The van der Waals surface area contributed by atoms with Gasteiger partial charge in [-0.15, -0.1) is 0 Å². The van der Waals surface area contributed by atoms with Crippen LogP contribution in [-0.2, 0) is 14.3 Å². The number of rotatable bonds is 7. The van der Waals surface area contributed by atoms with Gasteiger partial charge >= 0.3 is 5.97 Å². The zero-order valence-corrected chi connectivity index (χ0v) is 9.50. The zero-order valence-electron chi connectivity index (χ0n) is 9.50. The van der Waals surface area contributed by atoms with Crippen molar-refractivity contribution in [2.45, 2.75) is 38.6 Å². The minimum absolute atomic E-state index is 0.140. The first-order valence-corrected chi connectivity index (χ1v) is 4.95. The molecular formula is C10H19NO4. The maximum absolute atomic E-state index is 11.4. The third-order valence-electron chi connectivity index (χ3n) is 1.92. The van der Waals surface area contributed by atoms with Crippen LogP contribution in [0.5, 0.6) is 0 Å². The lowest BCUT2D eigenvalue weighted by Crippen LogP contribution is -2.50. The van der Waals surface area contributed by atoms with E-state index in [1.165, 1.54) is 7.11 Å². The van der Waals surface area contributed by atoms with Gasteiger partial charge in [0.25, 0.3) is 0 Å².